The molecule has 106 valence electrons. The third-order valence-corrected chi connectivity index (χ3v) is 4.05. The van der Waals surface area contributed by atoms with Gasteiger partial charge in [0.2, 0.25) is 0 Å². The Balaban J connectivity index is 2.36. The average Bonchev–Trinajstić information content (AvgIpc) is 2.43. The molecule has 0 aliphatic heterocycles. The number of rotatable bonds is 2. The first kappa shape index (κ1) is 15.7. The first-order valence-corrected chi connectivity index (χ1v) is 7.47. The van der Waals surface area contributed by atoms with E-state index in [1.165, 1.54) is 6.07 Å². The zero-order valence-electron chi connectivity index (χ0n) is 10.9. The highest BCUT2D eigenvalue weighted by Crippen LogP contribution is 2.25. The lowest BCUT2D eigenvalue weighted by atomic mass is 10.1. The molecule has 0 saturated heterocycles. The number of halogens is 3. The maximum absolute atomic E-state index is 13.7. The maximum Gasteiger partial charge on any atom is 0.256 e. The van der Waals surface area contributed by atoms with Gasteiger partial charge in [0, 0.05) is 20.2 Å². The van der Waals surface area contributed by atoms with Crippen LogP contribution < -0.4 is 5.32 Å². The van der Waals surface area contributed by atoms with Crippen molar-refractivity contribution >= 4 is 43.5 Å². The molecule has 1 N–H and O–H groups in total. The Kier molecular flexibility index (Phi) is 4.76. The van der Waals surface area contributed by atoms with Gasteiger partial charge in [0.1, 0.15) is 5.82 Å². The number of carbonyl (C=O) groups is 1. The second kappa shape index (κ2) is 6.37. The van der Waals surface area contributed by atoms with Crippen molar-refractivity contribution in [3.63, 3.8) is 0 Å². The van der Waals surface area contributed by atoms with Crippen molar-refractivity contribution in [1.82, 2.24) is 0 Å². The van der Waals surface area contributed by atoms with Crippen LogP contribution in [0.5, 0.6) is 0 Å². The number of nitrogens with one attached hydrogen (secondary N) is 1. The van der Waals surface area contributed by atoms with Crippen LogP contribution in [0.3, 0.4) is 0 Å². The molecule has 21 heavy (non-hydrogen) atoms. The molecule has 0 unspecified atom stereocenters. The number of anilines is 1. The quantitative estimate of drug-likeness (QED) is 0.772. The largest absolute Gasteiger partial charge is 0.322 e. The number of amides is 1. The minimum atomic E-state index is -0.528. The summed E-state index contributed by atoms with van der Waals surface area (Å²) >= 11 is 6.61. The van der Waals surface area contributed by atoms with Crippen LogP contribution in [0.15, 0.2) is 39.3 Å². The van der Waals surface area contributed by atoms with Crippen molar-refractivity contribution < 1.29 is 9.18 Å². The number of hydrogen-bond acceptors (Lipinski definition) is 2. The van der Waals surface area contributed by atoms with Crippen LogP contribution in [0.2, 0.25) is 0 Å². The SMILES string of the molecule is Cc1c(F)cc(C#N)cc1NC(=O)c1ccc(Br)cc1Br. The molecule has 0 heterocycles. The Morgan fingerprint density at radius 2 is 2.00 bits per heavy atom. The Labute approximate surface area is 138 Å². The highest BCUT2D eigenvalue weighted by atomic mass is 79.9. The zero-order chi connectivity index (χ0) is 15.6. The van der Waals surface area contributed by atoms with Gasteiger partial charge in [0.05, 0.1) is 17.2 Å². The monoisotopic (exact) mass is 410 g/mol. The average molecular weight is 412 g/mol. The third kappa shape index (κ3) is 3.49. The van der Waals surface area contributed by atoms with Crippen molar-refractivity contribution in [1.29, 1.82) is 5.26 Å². The lowest BCUT2D eigenvalue weighted by Gasteiger charge is -2.11. The summed E-state index contributed by atoms with van der Waals surface area (Å²) in [5.74, 6) is -0.911. The number of nitrogens with zero attached hydrogens (tertiary/aromatic N) is 1. The van der Waals surface area contributed by atoms with Crippen LogP contribution in [0.1, 0.15) is 21.5 Å². The van der Waals surface area contributed by atoms with E-state index in [1.807, 2.05) is 6.07 Å². The van der Waals surface area contributed by atoms with Gasteiger partial charge >= 0.3 is 0 Å². The lowest BCUT2D eigenvalue weighted by Crippen LogP contribution is -2.14. The van der Waals surface area contributed by atoms with Crippen molar-refractivity contribution in [2.24, 2.45) is 0 Å². The van der Waals surface area contributed by atoms with Crippen LogP contribution in [0, 0.1) is 24.1 Å². The van der Waals surface area contributed by atoms with E-state index in [2.05, 4.69) is 37.2 Å². The van der Waals surface area contributed by atoms with E-state index in [-0.39, 0.29) is 22.7 Å². The van der Waals surface area contributed by atoms with E-state index in [0.29, 0.717) is 10.0 Å². The number of hydrogen-bond donors (Lipinski definition) is 1. The Morgan fingerprint density at radius 3 is 2.62 bits per heavy atom. The molecular formula is C15H9Br2FN2O. The van der Waals surface area contributed by atoms with E-state index < -0.39 is 5.82 Å². The molecule has 0 aliphatic carbocycles. The Morgan fingerprint density at radius 1 is 1.29 bits per heavy atom. The highest BCUT2D eigenvalue weighted by Gasteiger charge is 2.14. The van der Waals surface area contributed by atoms with Gasteiger partial charge in [-0.2, -0.15) is 5.26 Å². The minimum absolute atomic E-state index is 0.156. The van der Waals surface area contributed by atoms with Gasteiger partial charge in [-0.1, -0.05) is 15.9 Å². The van der Waals surface area contributed by atoms with Gasteiger partial charge in [-0.25, -0.2) is 4.39 Å². The van der Waals surface area contributed by atoms with Crippen molar-refractivity contribution in [3.8, 4) is 6.07 Å². The molecule has 0 atom stereocenters. The molecule has 0 bridgehead atoms. The summed E-state index contributed by atoms with van der Waals surface area (Å²) in [5, 5.41) is 11.5. The number of nitriles is 1. The van der Waals surface area contributed by atoms with Crippen LogP contribution in [0.25, 0.3) is 0 Å². The molecule has 0 saturated carbocycles. The van der Waals surface area contributed by atoms with Crippen molar-refractivity contribution in [2.75, 3.05) is 5.32 Å². The van der Waals surface area contributed by atoms with Gasteiger partial charge in [0.25, 0.3) is 5.91 Å². The molecule has 0 radical (unpaired) electrons. The summed E-state index contributed by atoms with van der Waals surface area (Å²) in [5.41, 5.74) is 1.14. The molecule has 0 aliphatic rings. The van der Waals surface area contributed by atoms with E-state index in [9.17, 15) is 9.18 Å². The fourth-order valence-corrected chi connectivity index (χ4v) is 2.96. The summed E-state index contributed by atoms with van der Waals surface area (Å²) in [6, 6.07) is 9.57. The third-order valence-electron chi connectivity index (χ3n) is 2.90. The molecular weight excluding hydrogens is 403 g/mol. The second-order valence-electron chi connectivity index (χ2n) is 4.32. The summed E-state index contributed by atoms with van der Waals surface area (Å²) in [6.45, 7) is 1.54. The molecule has 0 spiro atoms. The lowest BCUT2D eigenvalue weighted by molar-refractivity contribution is 0.102. The summed E-state index contributed by atoms with van der Waals surface area (Å²) in [6.07, 6.45) is 0. The fourth-order valence-electron chi connectivity index (χ4n) is 1.74. The molecule has 0 fully saturated rings. The zero-order valence-corrected chi connectivity index (χ0v) is 14.0. The standard InChI is InChI=1S/C15H9Br2FN2O/c1-8-13(18)4-9(7-19)5-14(8)20-15(21)11-3-2-10(16)6-12(11)17/h2-6H,1H3,(H,20,21). The molecule has 0 aromatic heterocycles. The van der Waals surface area contributed by atoms with Crippen LogP contribution in [-0.2, 0) is 0 Å². The highest BCUT2D eigenvalue weighted by molar-refractivity contribution is 9.11. The predicted octanol–water partition coefficient (Wildman–Crippen LogP) is 4.78. The van der Waals surface area contributed by atoms with E-state index in [0.717, 1.165) is 10.5 Å². The number of carbonyl (C=O) groups excluding carboxylic acids is 1. The molecule has 1 amide bonds. The predicted molar refractivity (Wildman–Crippen MR) is 85.6 cm³/mol. The fraction of sp³-hybridized carbons (Fsp3) is 0.0667. The minimum Gasteiger partial charge on any atom is -0.322 e. The Hall–Kier alpha value is -1.71. The molecule has 6 heteroatoms. The van der Waals surface area contributed by atoms with E-state index >= 15 is 0 Å². The molecule has 2 aromatic rings. The maximum atomic E-state index is 13.7. The van der Waals surface area contributed by atoms with Crippen LogP contribution in [-0.4, -0.2) is 5.91 Å². The van der Waals surface area contributed by atoms with Gasteiger partial charge in [-0.3, -0.25) is 4.79 Å². The van der Waals surface area contributed by atoms with Gasteiger partial charge in [0.15, 0.2) is 0 Å². The Bertz CT molecular complexity index is 769. The number of benzene rings is 2. The summed E-state index contributed by atoms with van der Waals surface area (Å²) < 4.78 is 15.1. The van der Waals surface area contributed by atoms with E-state index in [4.69, 9.17) is 5.26 Å². The van der Waals surface area contributed by atoms with Crippen molar-refractivity contribution in [2.45, 2.75) is 6.92 Å². The summed E-state index contributed by atoms with van der Waals surface area (Å²) in [4.78, 5) is 12.2. The van der Waals surface area contributed by atoms with Gasteiger partial charge in [-0.05, 0) is 53.2 Å². The molecule has 3 nitrogen and oxygen atoms in total. The second-order valence-corrected chi connectivity index (χ2v) is 6.09. The van der Waals surface area contributed by atoms with Crippen molar-refractivity contribution in [3.05, 3.63) is 61.8 Å². The molecule has 2 rings (SSSR count). The normalized spacial score (nSPS) is 10.0. The smallest absolute Gasteiger partial charge is 0.256 e. The first-order valence-electron chi connectivity index (χ1n) is 5.89. The summed E-state index contributed by atoms with van der Waals surface area (Å²) in [7, 11) is 0. The topological polar surface area (TPSA) is 52.9 Å². The van der Waals surface area contributed by atoms with Gasteiger partial charge < -0.3 is 5.32 Å². The van der Waals surface area contributed by atoms with Crippen LogP contribution in [0.4, 0.5) is 10.1 Å². The van der Waals surface area contributed by atoms with E-state index in [1.54, 1.807) is 25.1 Å². The van der Waals surface area contributed by atoms with Crippen LogP contribution >= 0.6 is 31.9 Å². The first-order chi connectivity index (χ1) is 9.92. The molecule has 2 aromatic carbocycles. The van der Waals surface area contributed by atoms with Gasteiger partial charge in [-0.15, -0.1) is 0 Å².